The van der Waals surface area contributed by atoms with Gasteiger partial charge in [0.2, 0.25) is 0 Å². The van der Waals surface area contributed by atoms with Gasteiger partial charge >= 0.3 is 250 Å². The van der Waals surface area contributed by atoms with Crippen LogP contribution in [0.15, 0.2) is 5.34 Å². The van der Waals surface area contributed by atoms with E-state index < -0.39 is 87.7 Å². The van der Waals surface area contributed by atoms with Gasteiger partial charge in [0.25, 0.3) is 18.1 Å². The maximum Gasteiger partial charge on any atom is 2.00 e. The molecule has 0 aliphatic carbocycles. The van der Waals surface area contributed by atoms with Crippen molar-refractivity contribution in [2.75, 3.05) is 0 Å². The normalized spacial score (nSPS) is 8.48. The van der Waals surface area contributed by atoms with Crippen LogP contribution in [0.1, 0.15) is 6.92 Å². The average Bonchev–Trinajstić information content (AvgIpc) is 2.59. The van der Waals surface area contributed by atoms with Crippen molar-refractivity contribution < 1.29 is 398 Å². The predicted molar refractivity (Wildman–Crippen MR) is 121 cm³/mol. The van der Waals surface area contributed by atoms with E-state index in [4.69, 9.17) is 133 Å². The van der Waals surface area contributed by atoms with Gasteiger partial charge in [0, 0.05) is 49.1 Å². The monoisotopic (exact) mass is 1790 g/mol. The molecule has 0 fully saturated rings. The van der Waals surface area contributed by atoms with E-state index in [-0.39, 0.29) is 262 Å². The molecule has 0 aromatic heterocycles. The van der Waals surface area contributed by atoms with E-state index in [0.29, 0.717) is 0 Å². The zero-order valence-corrected chi connectivity index (χ0v) is 68.0. The first-order valence-electron chi connectivity index (χ1n) is 7.50. The molecule has 0 bridgehead atoms. The minimum atomic E-state index is -5.75. The van der Waals surface area contributed by atoms with Gasteiger partial charge in [-0.2, -0.15) is 8.42 Å². The standard InChI is InChI=1S/C4H6O6.C2H4O2.BrH.ClH.2Co.Cr.HI.NO3.HNO2.2H2O4S.2H2O3S2.4O.9Zn/c5-1(3(7)8)2(6)4(9)10;1-2(3)4;;;;;;;2-1(3)4;2-1-3;4*1-5(2,3)4;;;;;;;;;;;;;/h1-2,5-6H,(H,7,8)(H,9,10);1H3,(H,3,4);2*1H;;;;1H;;(H,2,3);4*(H2,1,2,3,4);;;;;;;;;;;;;/q;;;;2*+2;;;-1;;;;;;;;2*-1;9*+2/p-9. The Hall–Kier alpha value is 5.43. The van der Waals surface area contributed by atoms with Gasteiger partial charge in [-0.15, -0.1) is 5.34 Å². The number of carbonyl (C=O) groups is 3. The van der Waals surface area contributed by atoms with Gasteiger partial charge in [0.1, 0.15) is 0 Å². The van der Waals surface area contributed by atoms with Gasteiger partial charge in [-0.1, -0.05) is 0 Å². The number of carboxylic acids is 3. The first kappa shape index (κ1) is 151. The van der Waals surface area contributed by atoms with E-state index in [9.17, 15) is 9.59 Å². The number of hydrogen-bond acceptors (Lipinski definition) is 28. The number of carbonyl (C=O) groups excluding carboxylic acids is 1. The van der Waals surface area contributed by atoms with E-state index >= 15 is 0 Å². The minimum absolute atomic E-state index is 0. The topological polar surface area (TPSA) is 630 Å². The van der Waals surface area contributed by atoms with Crippen LogP contribution in [-0.2, 0) is 306 Å². The van der Waals surface area contributed by atoms with Gasteiger partial charge in [0.05, 0.1) is 5.09 Å². The van der Waals surface area contributed by atoms with Crippen LogP contribution in [0, 0.1) is 25.4 Å². The summed E-state index contributed by atoms with van der Waals surface area (Å²) >= 11 is 1.18. The van der Waals surface area contributed by atoms with E-state index in [1.165, 1.54) is 0 Å². The summed E-state index contributed by atoms with van der Waals surface area (Å²) in [4.78, 5) is 44.7. The Morgan fingerprint density at radius 1 is 0.650 bits per heavy atom. The van der Waals surface area contributed by atoms with Crippen LogP contribution in [0.4, 0.5) is 0 Å². The van der Waals surface area contributed by atoms with E-state index in [1.807, 2.05) is 0 Å². The van der Waals surface area contributed by atoms with Crippen molar-refractivity contribution in [1.29, 1.82) is 0 Å². The Morgan fingerprint density at radius 2 is 0.683 bits per heavy atom. The summed E-state index contributed by atoms with van der Waals surface area (Å²) in [7, 11) is -18.0. The molecule has 0 aromatic rings. The second kappa shape index (κ2) is 87.5. The fraction of sp³-hybridized carbons (Fsp3) is 0.500. The molecule has 0 rings (SSSR count). The van der Waals surface area contributed by atoms with Crippen LogP contribution >= 0.6 is 0 Å². The molecule has 0 saturated carbocycles. The fourth-order valence-electron chi connectivity index (χ4n) is 0.270. The Kier molecular flexibility index (Phi) is 220. The van der Waals surface area contributed by atoms with Crippen molar-refractivity contribution in [2.45, 2.75) is 19.1 Å². The predicted octanol–water partition coefficient (Wildman–Crippen LogP) is -18.3. The quantitative estimate of drug-likeness (QED) is 0.0247. The van der Waals surface area contributed by atoms with Crippen molar-refractivity contribution in [1.82, 2.24) is 0 Å². The maximum atomic E-state index is 9.77. The summed E-state index contributed by atoms with van der Waals surface area (Å²) in [5.74, 6) is -4.62. The molecule has 0 aromatic carbocycles. The van der Waals surface area contributed by atoms with Gasteiger partial charge < -0.3 is 127 Å². The molecule has 0 aliphatic rings. The second-order valence-electron chi connectivity index (χ2n) is 4.48. The van der Waals surface area contributed by atoms with Crippen molar-refractivity contribution in [3.8, 4) is 0 Å². The van der Waals surface area contributed by atoms with Crippen LogP contribution in [0.3, 0.4) is 0 Å². The maximum absolute atomic E-state index is 9.77. The Balaban J connectivity index is -0.0000000121. The molecule has 2 atom stereocenters. The molecule has 8 N–H and O–H groups in total. The van der Waals surface area contributed by atoms with Crippen LogP contribution in [-0.4, -0.2) is 117 Å². The fourth-order valence-corrected chi connectivity index (χ4v) is 0.270. The molecule has 33 nitrogen and oxygen atoms in total. The molecule has 322 valence electrons. The molecule has 0 heterocycles. The smallest absolute Gasteiger partial charge is 2.00 e. The first-order chi connectivity index (χ1) is 19.3. The van der Waals surface area contributed by atoms with Gasteiger partial charge in [0.15, 0.2) is 12.2 Å². The molecule has 2 unspecified atom stereocenters. The number of halogens is 3. The molecule has 0 aliphatic heterocycles. The van der Waals surface area contributed by atoms with Gasteiger partial charge in [-0.25, -0.2) is 9.59 Å². The van der Waals surface area contributed by atoms with Crippen molar-refractivity contribution in [3.63, 3.8) is 0 Å². The molecule has 54 heteroatoms. The molecule has 60 heavy (non-hydrogen) atoms. The molecule has 2 radical (unpaired) electrons. The Labute approximate surface area is 519 Å². The van der Waals surface area contributed by atoms with Crippen LogP contribution in [0.5, 0.6) is 0 Å². The summed E-state index contributed by atoms with van der Waals surface area (Å²) in [6, 6.07) is 0. The summed E-state index contributed by atoms with van der Waals surface area (Å²) in [6.07, 6.45) is -4.53. The zero-order chi connectivity index (χ0) is 40.7. The Morgan fingerprint density at radius 3 is 0.700 bits per heavy atom. The number of aliphatic hydroxyl groups is 2. The number of carboxylic acid groups (broad SMARTS) is 3. The van der Waals surface area contributed by atoms with Crippen molar-refractivity contribution >= 4 is 79.2 Å². The largest absolute Gasteiger partial charge is 2.00 e. The number of aliphatic carboxylic acids is 3. The summed E-state index contributed by atoms with van der Waals surface area (Å²) < 4.78 is 150. The Bertz CT molecular complexity index is 1200. The number of rotatable bonds is 3. The van der Waals surface area contributed by atoms with E-state index in [0.717, 1.165) is 12.3 Å². The summed E-state index contributed by atoms with van der Waals surface area (Å²) in [6.45, 7) is 0.972. The second-order valence-corrected chi connectivity index (χ2v) is 11.8. The van der Waals surface area contributed by atoms with E-state index in [2.05, 4.69) is 22.4 Å². The van der Waals surface area contributed by atoms with Crippen LogP contribution in [0.2, 0.25) is 0 Å². The third-order valence-electron chi connectivity index (χ3n) is 0.805. The molecule has 0 spiro atoms. The number of hydrogen-bond donors (Lipinski definition) is 8. The molecule has 0 saturated heterocycles. The molecular formula is C6H13BrClCo2CrIN2O31S6Zn9+10. The van der Waals surface area contributed by atoms with Crippen molar-refractivity contribution in [3.05, 3.63) is 25.4 Å². The zero-order valence-electron chi connectivity index (χ0n) is 28.5. The third-order valence-corrected chi connectivity index (χ3v) is 0.805. The van der Waals surface area contributed by atoms with E-state index in [1.54, 1.807) is 0 Å². The van der Waals surface area contributed by atoms with Gasteiger partial charge in [-0.3, -0.25) is 35.0 Å². The average molecular weight is 1800 g/mol. The van der Waals surface area contributed by atoms with Gasteiger partial charge in [-0.05, 0) is 6.92 Å². The third kappa shape index (κ3) is 814. The van der Waals surface area contributed by atoms with Crippen molar-refractivity contribution in [2.24, 2.45) is 5.34 Å². The minimum Gasteiger partial charge on any atom is 2.00 e. The SMILES string of the molecule is CC(=O)[O-].O=C(O)C(O)C(O)C(=O)O.O=N[O-].O=S(=O)([O-])[O-].O=S(=O)([O-])[O-].O=S(O)(O)=S.O=S(O)(O)=S.O=[N+]([O-])[O-].[Br-].[Cl-].[Co+2].[Co+2].[I-].[O]=[Cr](=[O])([O-])[O-].[Zn+2].[Zn+2].[Zn+2].[Zn+2].[Zn+2].[Zn+2].[Zn+2].[Zn+2].[Zn+2]. The first-order valence-corrected chi connectivity index (χ1v) is 17.0. The molecule has 0 amide bonds. The number of nitrogens with zero attached hydrogens (tertiary/aromatic N) is 2. The van der Waals surface area contributed by atoms with Crippen LogP contribution in [0.25, 0.3) is 0 Å². The van der Waals surface area contributed by atoms with Crippen LogP contribution < -0.4 is 66.8 Å². The summed E-state index contributed by atoms with van der Waals surface area (Å²) in [5.41, 5.74) is 0. The summed E-state index contributed by atoms with van der Waals surface area (Å²) in [5, 5.41) is 65.2. The molecular weight excluding hydrogens is 1790 g/mol. The number of aliphatic hydroxyl groups excluding tert-OH is 2.